The van der Waals surface area contributed by atoms with E-state index < -0.39 is 6.10 Å². The van der Waals surface area contributed by atoms with Gasteiger partial charge in [-0.1, -0.05) is 27.2 Å². The van der Waals surface area contributed by atoms with E-state index in [4.69, 9.17) is 9.47 Å². The average Bonchev–Trinajstić information content (AvgIpc) is 2.49. The topological polar surface area (TPSA) is 35.5 Å². The van der Waals surface area contributed by atoms with Crippen LogP contribution < -0.4 is 4.74 Å². The first kappa shape index (κ1) is 17.8. The first-order valence-electron chi connectivity index (χ1n) is 8.49. The second-order valence-corrected chi connectivity index (χ2v) is 7.02. The zero-order valence-corrected chi connectivity index (χ0v) is 14.4. The van der Waals surface area contributed by atoms with Crippen LogP contribution in [0.5, 0.6) is 5.75 Å². The lowest BCUT2D eigenvalue weighted by Crippen LogP contribution is -2.39. The number of hydrogen-bond donors (Lipinski definition) is 0. The number of hydrogen-bond acceptors (Lipinski definition) is 3. The van der Waals surface area contributed by atoms with Gasteiger partial charge in [-0.2, -0.15) is 0 Å². The summed E-state index contributed by atoms with van der Waals surface area (Å²) in [5, 5.41) is 0. The molecule has 0 saturated heterocycles. The third kappa shape index (κ3) is 4.95. The minimum absolute atomic E-state index is 0.0366. The van der Waals surface area contributed by atoms with Crippen molar-refractivity contribution in [3.63, 3.8) is 0 Å². The van der Waals surface area contributed by atoms with Crippen LogP contribution in [0.3, 0.4) is 0 Å². The lowest BCUT2D eigenvalue weighted by molar-refractivity contribution is -0.163. The molecule has 1 aliphatic carbocycles. The molecule has 0 bridgehead atoms. The molecular weight excluding hydrogens is 295 g/mol. The highest BCUT2D eigenvalue weighted by molar-refractivity contribution is 5.74. The van der Waals surface area contributed by atoms with Crippen LogP contribution in [0.1, 0.15) is 47.0 Å². The zero-order valence-electron chi connectivity index (χ0n) is 14.4. The fourth-order valence-corrected chi connectivity index (χ4v) is 3.26. The fraction of sp³-hybridized carbons (Fsp3) is 0.632. The van der Waals surface area contributed by atoms with Crippen molar-refractivity contribution in [1.29, 1.82) is 0 Å². The van der Waals surface area contributed by atoms with E-state index in [1.807, 2.05) is 0 Å². The maximum absolute atomic E-state index is 12.9. The summed E-state index contributed by atoms with van der Waals surface area (Å²) in [6.07, 6.45) is 2.47. The summed E-state index contributed by atoms with van der Waals surface area (Å²) < 4.78 is 24.2. The molecule has 0 heterocycles. The Balaban J connectivity index is 1.94. The highest BCUT2D eigenvalue weighted by Crippen LogP contribution is 2.35. The molecular formula is C19H27FO3. The van der Waals surface area contributed by atoms with E-state index >= 15 is 0 Å². The van der Waals surface area contributed by atoms with Gasteiger partial charge in [0.2, 0.25) is 0 Å². The molecule has 0 aliphatic heterocycles. The molecule has 1 aromatic rings. The Labute approximate surface area is 138 Å². The summed E-state index contributed by atoms with van der Waals surface area (Å²) in [5.74, 6) is 1.27. The molecule has 128 valence electrons. The van der Waals surface area contributed by atoms with E-state index in [0.717, 1.165) is 12.8 Å². The first-order valence-corrected chi connectivity index (χ1v) is 8.49. The minimum atomic E-state index is -0.703. The maximum atomic E-state index is 12.9. The highest BCUT2D eigenvalue weighted by Gasteiger charge is 2.34. The van der Waals surface area contributed by atoms with Crippen LogP contribution in [0, 0.1) is 23.6 Å². The van der Waals surface area contributed by atoms with Gasteiger partial charge < -0.3 is 9.47 Å². The Bertz CT molecular complexity index is 512. The summed E-state index contributed by atoms with van der Waals surface area (Å²) in [6, 6.07) is 5.65. The quantitative estimate of drug-likeness (QED) is 0.743. The fourth-order valence-electron chi connectivity index (χ4n) is 3.26. The Morgan fingerprint density at radius 1 is 1.17 bits per heavy atom. The van der Waals surface area contributed by atoms with Crippen LogP contribution in [0.2, 0.25) is 0 Å². The van der Waals surface area contributed by atoms with Crippen molar-refractivity contribution in [2.75, 3.05) is 0 Å². The summed E-state index contributed by atoms with van der Waals surface area (Å²) in [6.45, 7) is 8.23. The van der Waals surface area contributed by atoms with Gasteiger partial charge in [0, 0.05) is 0 Å². The van der Waals surface area contributed by atoms with Crippen LogP contribution in [-0.2, 0) is 9.53 Å². The minimum Gasteiger partial charge on any atom is -0.479 e. The molecule has 1 saturated carbocycles. The zero-order chi connectivity index (χ0) is 17.0. The summed E-state index contributed by atoms with van der Waals surface area (Å²) >= 11 is 0. The van der Waals surface area contributed by atoms with Crippen LogP contribution in [0.15, 0.2) is 24.3 Å². The summed E-state index contributed by atoms with van der Waals surface area (Å²) in [4.78, 5) is 12.3. The van der Waals surface area contributed by atoms with Crippen molar-refractivity contribution in [2.45, 2.75) is 59.2 Å². The highest BCUT2D eigenvalue weighted by atomic mass is 19.1. The molecule has 0 aromatic heterocycles. The van der Waals surface area contributed by atoms with Crippen molar-refractivity contribution >= 4 is 5.97 Å². The van der Waals surface area contributed by atoms with Gasteiger partial charge >= 0.3 is 5.97 Å². The van der Waals surface area contributed by atoms with Gasteiger partial charge in [-0.3, -0.25) is 0 Å². The Morgan fingerprint density at radius 3 is 2.43 bits per heavy atom. The number of benzene rings is 1. The first-order chi connectivity index (χ1) is 10.9. The van der Waals surface area contributed by atoms with Crippen molar-refractivity contribution in [1.82, 2.24) is 0 Å². The number of rotatable bonds is 5. The predicted molar refractivity (Wildman–Crippen MR) is 87.7 cm³/mol. The van der Waals surface area contributed by atoms with E-state index in [1.54, 1.807) is 6.92 Å². The average molecular weight is 322 g/mol. The van der Waals surface area contributed by atoms with Crippen molar-refractivity contribution in [2.24, 2.45) is 17.8 Å². The SMILES string of the molecule is CC(C)[C@@H]1CC[C@@H](C)C[C@H]1OC(=O)[C@@H](C)Oc1ccc(F)cc1. The second kappa shape index (κ2) is 7.80. The summed E-state index contributed by atoms with van der Waals surface area (Å²) in [7, 11) is 0. The standard InChI is InChI=1S/C19H27FO3/c1-12(2)17-10-5-13(3)11-18(17)23-19(21)14(4)22-16-8-6-15(20)7-9-16/h6-9,12-14,17-18H,5,10-11H2,1-4H3/t13-,14-,17+,18-/m1/s1. The molecule has 2 rings (SSSR count). The monoisotopic (exact) mass is 322 g/mol. The maximum Gasteiger partial charge on any atom is 0.347 e. The van der Waals surface area contributed by atoms with Gasteiger partial charge in [0.25, 0.3) is 0 Å². The van der Waals surface area contributed by atoms with Crippen molar-refractivity contribution < 1.29 is 18.7 Å². The number of carbonyl (C=O) groups excluding carboxylic acids is 1. The number of halogens is 1. The Hall–Kier alpha value is -1.58. The predicted octanol–water partition coefficient (Wildman–Crippen LogP) is 4.60. The molecule has 1 aromatic carbocycles. The lowest BCUT2D eigenvalue weighted by atomic mass is 9.75. The molecule has 0 unspecified atom stereocenters. The van der Waals surface area contributed by atoms with Gasteiger partial charge in [-0.05, 0) is 61.8 Å². The number of ether oxygens (including phenoxy) is 2. The third-order valence-electron chi connectivity index (χ3n) is 4.69. The molecule has 23 heavy (non-hydrogen) atoms. The van der Waals surface area contributed by atoms with Gasteiger partial charge in [0.05, 0.1) is 0 Å². The van der Waals surface area contributed by atoms with Crippen molar-refractivity contribution in [3.8, 4) is 5.75 Å². The normalized spacial score (nSPS) is 25.9. The smallest absolute Gasteiger partial charge is 0.347 e. The van der Waals surface area contributed by atoms with E-state index in [-0.39, 0.29) is 17.9 Å². The number of esters is 1. The molecule has 3 nitrogen and oxygen atoms in total. The molecule has 4 atom stereocenters. The van der Waals surface area contributed by atoms with Gasteiger partial charge in [0.1, 0.15) is 17.7 Å². The molecule has 0 N–H and O–H groups in total. The molecule has 0 amide bonds. The number of carbonyl (C=O) groups is 1. The Morgan fingerprint density at radius 2 is 1.83 bits per heavy atom. The molecule has 0 spiro atoms. The second-order valence-electron chi connectivity index (χ2n) is 7.02. The van der Waals surface area contributed by atoms with E-state index in [2.05, 4.69) is 20.8 Å². The molecule has 1 fully saturated rings. The third-order valence-corrected chi connectivity index (χ3v) is 4.69. The van der Waals surface area contributed by atoms with E-state index in [9.17, 15) is 9.18 Å². The van der Waals surface area contributed by atoms with E-state index in [1.165, 1.54) is 30.7 Å². The van der Waals surface area contributed by atoms with Crippen LogP contribution >= 0.6 is 0 Å². The lowest BCUT2D eigenvalue weighted by Gasteiger charge is -2.37. The van der Waals surface area contributed by atoms with Crippen LogP contribution in [0.25, 0.3) is 0 Å². The van der Waals surface area contributed by atoms with Crippen LogP contribution in [0.4, 0.5) is 4.39 Å². The molecule has 1 aliphatic rings. The van der Waals surface area contributed by atoms with Gasteiger partial charge in [-0.15, -0.1) is 0 Å². The molecule has 0 radical (unpaired) electrons. The molecule has 4 heteroatoms. The largest absolute Gasteiger partial charge is 0.479 e. The Kier molecular flexibility index (Phi) is 6.03. The van der Waals surface area contributed by atoms with Crippen molar-refractivity contribution in [3.05, 3.63) is 30.1 Å². The summed E-state index contributed by atoms with van der Waals surface area (Å²) in [5.41, 5.74) is 0. The van der Waals surface area contributed by atoms with Gasteiger partial charge in [-0.25, -0.2) is 9.18 Å². The van der Waals surface area contributed by atoms with E-state index in [0.29, 0.717) is 23.5 Å². The van der Waals surface area contributed by atoms with Crippen LogP contribution in [-0.4, -0.2) is 18.2 Å². The van der Waals surface area contributed by atoms with Gasteiger partial charge in [0.15, 0.2) is 6.10 Å².